The molecule has 1 amide bonds. The van der Waals surface area contributed by atoms with Gasteiger partial charge in [-0.25, -0.2) is 4.68 Å². The maximum Gasteiger partial charge on any atom is 0.220 e. The lowest BCUT2D eigenvalue weighted by molar-refractivity contribution is -0.121. The largest absolute Gasteiger partial charge is 0.497 e. The molecular formula is C22H23ClN6O2. The lowest BCUT2D eigenvalue weighted by Crippen LogP contribution is -2.28. The number of benzene rings is 2. The molecule has 0 fully saturated rings. The van der Waals surface area contributed by atoms with Crippen LogP contribution in [0, 0.1) is 0 Å². The van der Waals surface area contributed by atoms with E-state index >= 15 is 0 Å². The van der Waals surface area contributed by atoms with Crippen LogP contribution in [0.3, 0.4) is 0 Å². The third kappa shape index (κ3) is 5.21. The summed E-state index contributed by atoms with van der Waals surface area (Å²) in [6, 6.07) is 13.4. The van der Waals surface area contributed by atoms with Gasteiger partial charge in [0.05, 0.1) is 13.7 Å². The van der Waals surface area contributed by atoms with Crippen LogP contribution < -0.4 is 10.1 Å². The zero-order valence-corrected chi connectivity index (χ0v) is 17.8. The average Bonchev–Trinajstić information content (AvgIpc) is 3.43. The molecule has 4 rings (SSSR count). The van der Waals surface area contributed by atoms with Crippen molar-refractivity contribution >= 4 is 28.4 Å². The third-order valence-electron chi connectivity index (χ3n) is 5.26. The van der Waals surface area contributed by atoms with Crippen LogP contribution in [-0.4, -0.2) is 44.8 Å². The number of aromatic nitrogens is 5. The summed E-state index contributed by atoms with van der Waals surface area (Å²) in [5.74, 6) is 0.717. The van der Waals surface area contributed by atoms with Gasteiger partial charge in [0.2, 0.25) is 5.91 Å². The van der Waals surface area contributed by atoms with Gasteiger partial charge in [0.25, 0.3) is 0 Å². The Bertz CT molecular complexity index is 1140. The summed E-state index contributed by atoms with van der Waals surface area (Å²) in [5.41, 5.74) is 3.20. The van der Waals surface area contributed by atoms with E-state index in [1.54, 1.807) is 18.1 Å². The smallest absolute Gasteiger partial charge is 0.220 e. The zero-order valence-electron chi connectivity index (χ0n) is 17.1. The minimum Gasteiger partial charge on any atom is -0.497 e. The molecule has 8 nitrogen and oxygen atoms in total. The lowest BCUT2D eigenvalue weighted by atomic mass is 9.95. The minimum absolute atomic E-state index is 0.0227. The highest BCUT2D eigenvalue weighted by Gasteiger charge is 2.18. The first-order valence-electron chi connectivity index (χ1n) is 9.99. The second-order valence-corrected chi connectivity index (χ2v) is 7.75. The van der Waals surface area contributed by atoms with Crippen LogP contribution in [0.25, 0.3) is 10.9 Å². The molecule has 0 bridgehead atoms. The third-order valence-corrected chi connectivity index (χ3v) is 5.52. The van der Waals surface area contributed by atoms with Crippen LogP contribution in [-0.2, 0) is 17.8 Å². The summed E-state index contributed by atoms with van der Waals surface area (Å²) < 4.78 is 6.95. The van der Waals surface area contributed by atoms with Crippen molar-refractivity contribution in [1.29, 1.82) is 0 Å². The molecule has 0 saturated heterocycles. The van der Waals surface area contributed by atoms with E-state index < -0.39 is 0 Å². The Kier molecular flexibility index (Phi) is 6.47. The number of carbonyl (C=O) groups is 1. The molecule has 160 valence electrons. The summed E-state index contributed by atoms with van der Waals surface area (Å²) in [6.07, 6.45) is 4.57. The number of tetrazole rings is 1. The Morgan fingerprint density at radius 3 is 2.84 bits per heavy atom. The lowest BCUT2D eigenvalue weighted by Gasteiger charge is -2.17. The van der Waals surface area contributed by atoms with Crippen LogP contribution in [0.5, 0.6) is 5.75 Å². The fourth-order valence-corrected chi connectivity index (χ4v) is 3.76. The summed E-state index contributed by atoms with van der Waals surface area (Å²) in [4.78, 5) is 15.9. The number of methoxy groups -OCH3 is 1. The van der Waals surface area contributed by atoms with E-state index in [1.165, 1.54) is 0 Å². The van der Waals surface area contributed by atoms with Crippen LogP contribution in [0.15, 0.2) is 55.0 Å². The Hall–Kier alpha value is -3.39. The molecule has 31 heavy (non-hydrogen) atoms. The van der Waals surface area contributed by atoms with Crippen molar-refractivity contribution in [2.24, 2.45) is 0 Å². The molecule has 0 unspecified atom stereocenters. The van der Waals surface area contributed by atoms with Crippen LogP contribution in [0.4, 0.5) is 0 Å². The van der Waals surface area contributed by atoms with Gasteiger partial charge in [0, 0.05) is 41.0 Å². The molecule has 1 atom stereocenters. The Morgan fingerprint density at radius 2 is 2.10 bits per heavy atom. The topological polar surface area (TPSA) is 97.7 Å². The second kappa shape index (κ2) is 9.61. The van der Waals surface area contributed by atoms with Crippen molar-refractivity contribution in [3.05, 3.63) is 71.1 Å². The van der Waals surface area contributed by atoms with Crippen LogP contribution in [0.2, 0.25) is 5.02 Å². The summed E-state index contributed by atoms with van der Waals surface area (Å²) in [5, 5.41) is 16.1. The zero-order chi connectivity index (χ0) is 21.6. The fourth-order valence-electron chi connectivity index (χ4n) is 3.64. The predicted molar refractivity (Wildman–Crippen MR) is 118 cm³/mol. The first kappa shape index (κ1) is 20.9. The van der Waals surface area contributed by atoms with Gasteiger partial charge in [0.15, 0.2) is 0 Å². The number of amides is 1. The standard InChI is InChI=1S/C22H23ClN6O2/c1-31-19-6-7-21-20(11-19)16(12-25-21)8-9-24-22(30)10-17(13-29-14-26-27-28-29)15-2-4-18(23)5-3-15/h2-7,11-12,14,17,25H,8-10,13H2,1H3,(H,24,30)/t17-/m1/s1. The molecule has 0 aliphatic rings. The minimum atomic E-state index is -0.0712. The molecular weight excluding hydrogens is 416 g/mol. The number of nitrogens with zero attached hydrogens (tertiary/aromatic N) is 4. The van der Waals surface area contributed by atoms with Gasteiger partial charge in [0.1, 0.15) is 12.1 Å². The van der Waals surface area contributed by atoms with Gasteiger partial charge in [-0.05, 0) is 58.3 Å². The normalized spacial score (nSPS) is 12.1. The van der Waals surface area contributed by atoms with E-state index in [1.807, 2.05) is 48.7 Å². The second-order valence-electron chi connectivity index (χ2n) is 7.31. The molecule has 9 heteroatoms. The Morgan fingerprint density at radius 1 is 1.26 bits per heavy atom. The van der Waals surface area contributed by atoms with E-state index in [0.717, 1.165) is 34.2 Å². The number of hydrogen-bond acceptors (Lipinski definition) is 5. The molecule has 0 spiro atoms. The number of hydrogen-bond donors (Lipinski definition) is 2. The van der Waals surface area contributed by atoms with E-state index in [9.17, 15) is 4.79 Å². The highest BCUT2D eigenvalue weighted by molar-refractivity contribution is 6.30. The van der Waals surface area contributed by atoms with E-state index in [4.69, 9.17) is 16.3 Å². The van der Waals surface area contributed by atoms with Gasteiger partial charge in [-0.2, -0.15) is 0 Å². The Labute approximate surface area is 184 Å². The molecule has 2 aromatic heterocycles. The van der Waals surface area contributed by atoms with Gasteiger partial charge in [-0.1, -0.05) is 23.7 Å². The van der Waals surface area contributed by atoms with Crippen molar-refractivity contribution in [3.63, 3.8) is 0 Å². The molecule has 2 N–H and O–H groups in total. The molecule has 4 aromatic rings. The molecule has 2 heterocycles. The predicted octanol–water partition coefficient (Wildman–Crippen LogP) is 3.35. The number of rotatable bonds is 9. The van der Waals surface area contributed by atoms with Gasteiger partial charge < -0.3 is 15.0 Å². The number of halogens is 1. The SMILES string of the molecule is COc1ccc2[nH]cc(CCNC(=O)C[C@H](Cn3cnnn3)c3ccc(Cl)cc3)c2c1. The fraction of sp³-hybridized carbons (Fsp3) is 0.273. The quantitative estimate of drug-likeness (QED) is 0.417. The summed E-state index contributed by atoms with van der Waals surface area (Å²) in [7, 11) is 1.65. The maximum absolute atomic E-state index is 12.7. The van der Waals surface area contributed by atoms with Crippen molar-refractivity contribution in [2.45, 2.75) is 25.3 Å². The summed E-state index contributed by atoms with van der Waals surface area (Å²) in [6.45, 7) is 1.05. The van der Waals surface area contributed by atoms with Crippen molar-refractivity contribution in [2.75, 3.05) is 13.7 Å². The first-order valence-corrected chi connectivity index (χ1v) is 10.4. The van der Waals surface area contributed by atoms with Crippen molar-refractivity contribution in [1.82, 2.24) is 30.5 Å². The summed E-state index contributed by atoms with van der Waals surface area (Å²) >= 11 is 6.02. The number of fused-ring (bicyclic) bond motifs is 1. The number of ether oxygens (including phenoxy) is 1. The van der Waals surface area contributed by atoms with Crippen LogP contribution in [0.1, 0.15) is 23.5 Å². The van der Waals surface area contributed by atoms with E-state index in [-0.39, 0.29) is 11.8 Å². The Balaban J connectivity index is 1.38. The molecule has 0 saturated carbocycles. The highest BCUT2D eigenvalue weighted by Crippen LogP contribution is 2.25. The van der Waals surface area contributed by atoms with Crippen LogP contribution >= 0.6 is 11.6 Å². The number of aromatic amines is 1. The van der Waals surface area contributed by atoms with Crippen molar-refractivity contribution in [3.8, 4) is 5.75 Å². The number of H-pyrrole nitrogens is 1. The monoisotopic (exact) mass is 438 g/mol. The average molecular weight is 439 g/mol. The van der Waals surface area contributed by atoms with Crippen molar-refractivity contribution < 1.29 is 9.53 Å². The first-order chi connectivity index (χ1) is 15.1. The molecule has 2 aromatic carbocycles. The van der Waals surface area contributed by atoms with Gasteiger partial charge >= 0.3 is 0 Å². The van der Waals surface area contributed by atoms with E-state index in [0.29, 0.717) is 24.5 Å². The number of carbonyl (C=O) groups excluding carboxylic acids is 1. The number of nitrogens with one attached hydrogen (secondary N) is 2. The molecule has 0 radical (unpaired) electrons. The highest BCUT2D eigenvalue weighted by atomic mass is 35.5. The molecule has 0 aliphatic heterocycles. The molecule has 0 aliphatic carbocycles. The van der Waals surface area contributed by atoms with Gasteiger partial charge in [-0.15, -0.1) is 5.10 Å². The maximum atomic E-state index is 12.7. The van der Waals surface area contributed by atoms with Gasteiger partial charge in [-0.3, -0.25) is 4.79 Å². The van der Waals surface area contributed by atoms with E-state index in [2.05, 4.69) is 25.8 Å².